The standard InChI is InChI=1S/C20H20BrNO2/c1-2-14-3-5-15(6-4-14)9-16-10-19(21)20(11-17(16)12-22)24-18-7-8-23-13-18/h3-6,10-11,18H,2,7-9,13H2,1H3. The average molecular weight is 386 g/mol. The first-order valence-corrected chi connectivity index (χ1v) is 9.03. The number of hydrogen-bond donors (Lipinski definition) is 0. The molecule has 1 atom stereocenters. The zero-order chi connectivity index (χ0) is 16.9. The number of halogens is 1. The van der Waals surface area contributed by atoms with Gasteiger partial charge in [0.15, 0.2) is 0 Å². The van der Waals surface area contributed by atoms with Crippen molar-refractivity contribution in [3.8, 4) is 11.8 Å². The Morgan fingerprint density at radius 3 is 2.62 bits per heavy atom. The van der Waals surface area contributed by atoms with Gasteiger partial charge in [-0.3, -0.25) is 0 Å². The van der Waals surface area contributed by atoms with Gasteiger partial charge in [0.1, 0.15) is 11.9 Å². The largest absolute Gasteiger partial charge is 0.487 e. The Labute approximate surface area is 151 Å². The van der Waals surface area contributed by atoms with E-state index in [1.807, 2.05) is 12.1 Å². The fourth-order valence-electron chi connectivity index (χ4n) is 2.83. The third kappa shape index (κ3) is 3.98. The summed E-state index contributed by atoms with van der Waals surface area (Å²) in [7, 11) is 0. The number of aryl methyl sites for hydroxylation is 1. The normalized spacial score (nSPS) is 16.8. The van der Waals surface area contributed by atoms with Crippen molar-refractivity contribution in [3.63, 3.8) is 0 Å². The van der Waals surface area contributed by atoms with E-state index in [1.54, 1.807) is 0 Å². The molecule has 24 heavy (non-hydrogen) atoms. The molecule has 0 saturated carbocycles. The van der Waals surface area contributed by atoms with Gasteiger partial charge >= 0.3 is 0 Å². The lowest BCUT2D eigenvalue weighted by atomic mass is 9.99. The molecule has 0 aromatic heterocycles. The van der Waals surface area contributed by atoms with Crippen LogP contribution in [0.25, 0.3) is 0 Å². The third-order valence-electron chi connectivity index (χ3n) is 4.29. The minimum atomic E-state index is 0.0697. The van der Waals surface area contributed by atoms with E-state index in [0.29, 0.717) is 17.9 Å². The zero-order valence-electron chi connectivity index (χ0n) is 13.7. The van der Waals surface area contributed by atoms with E-state index in [9.17, 15) is 5.26 Å². The number of hydrogen-bond acceptors (Lipinski definition) is 3. The number of ether oxygens (including phenoxy) is 2. The average Bonchev–Trinajstić information content (AvgIpc) is 3.11. The first-order chi connectivity index (χ1) is 11.7. The van der Waals surface area contributed by atoms with Crippen LogP contribution in [0, 0.1) is 11.3 Å². The Morgan fingerprint density at radius 1 is 1.25 bits per heavy atom. The molecule has 0 spiro atoms. The summed E-state index contributed by atoms with van der Waals surface area (Å²) in [5.41, 5.74) is 4.19. The summed E-state index contributed by atoms with van der Waals surface area (Å²) in [5, 5.41) is 9.51. The zero-order valence-corrected chi connectivity index (χ0v) is 15.3. The number of nitrogens with zero attached hydrogens (tertiary/aromatic N) is 1. The van der Waals surface area contributed by atoms with E-state index >= 15 is 0 Å². The number of nitriles is 1. The van der Waals surface area contributed by atoms with E-state index in [-0.39, 0.29) is 6.10 Å². The van der Waals surface area contributed by atoms with E-state index in [4.69, 9.17) is 9.47 Å². The molecule has 3 nitrogen and oxygen atoms in total. The van der Waals surface area contributed by atoms with Crippen molar-refractivity contribution in [2.75, 3.05) is 13.2 Å². The SMILES string of the molecule is CCc1ccc(Cc2cc(Br)c(OC3CCOC3)cc2C#N)cc1. The van der Waals surface area contributed by atoms with Crippen molar-refractivity contribution in [1.82, 2.24) is 0 Å². The maximum atomic E-state index is 9.51. The summed E-state index contributed by atoms with van der Waals surface area (Å²) in [4.78, 5) is 0. The first kappa shape index (κ1) is 17.0. The second-order valence-corrected chi connectivity index (χ2v) is 6.86. The molecule has 1 unspecified atom stereocenters. The summed E-state index contributed by atoms with van der Waals surface area (Å²) in [6.45, 7) is 3.49. The van der Waals surface area contributed by atoms with Gasteiger partial charge in [0, 0.05) is 6.42 Å². The molecule has 3 rings (SSSR count). The summed E-state index contributed by atoms with van der Waals surface area (Å²) in [6, 6.07) is 14.7. The summed E-state index contributed by atoms with van der Waals surface area (Å²) >= 11 is 3.58. The van der Waals surface area contributed by atoms with E-state index < -0.39 is 0 Å². The molecule has 1 aliphatic heterocycles. The van der Waals surface area contributed by atoms with Crippen LogP contribution in [0.4, 0.5) is 0 Å². The predicted molar refractivity (Wildman–Crippen MR) is 97.3 cm³/mol. The van der Waals surface area contributed by atoms with Crippen molar-refractivity contribution >= 4 is 15.9 Å². The number of rotatable bonds is 5. The van der Waals surface area contributed by atoms with Gasteiger partial charge in [-0.25, -0.2) is 0 Å². The maximum absolute atomic E-state index is 9.51. The van der Waals surface area contributed by atoms with Crippen molar-refractivity contribution in [2.45, 2.75) is 32.3 Å². The van der Waals surface area contributed by atoms with Crippen molar-refractivity contribution in [1.29, 1.82) is 5.26 Å². The fourth-order valence-corrected chi connectivity index (χ4v) is 3.32. The molecule has 124 valence electrons. The maximum Gasteiger partial charge on any atom is 0.135 e. The van der Waals surface area contributed by atoms with Gasteiger partial charge in [-0.15, -0.1) is 0 Å². The molecule has 0 aliphatic carbocycles. The summed E-state index contributed by atoms with van der Waals surface area (Å²) in [5.74, 6) is 0.715. The minimum Gasteiger partial charge on any atom is -0.487 e. The highest BCUT2D eigenvalue weighted by Gasteiger charge is 2.19. The van der Waals surface area contributed by atoms with E-state index in [1.165, 1.54) is 11.1 Å². The third-order valence-corrected chi connectivity index (χ3v) is 4.91. The lowest BCUT2D eigenvalue weighted by Crippen LogP contribution is -2.16. The van der Waals surface area contributed by atoms with Crippen LogP contribution in [0.5, 0.6) is 5.75 Å². The molecule has 0 bridgehead atoms. The molecule has 1 fully saturated rings. The Hall–Kier alpha value is -1.83. The van der Waals surface area contributed by atoms with Crippen molar-refractivity contribution in [3.05, 3.63) is 63.1 Å². The second kappa shape index (κ2) is 7.83. The van der Waals surface area contributed by atoms with Crippen LogP contribution in [-0.4, -0.2) is 19.3 Å². The molecule has 0 N–H and O–H groups in total. The fraction of sp³-hybridized carbons (Fsp3) is 0.350. The second-order valence-electron chi connectivity index (χ2n) is 6.00. The van der Waals surface area contributed by atoms with Gasteiger partial charge < -0.3 is 9.47 Å². The summed E-state index contributed by atoms with van der Waals surface area (Å²) < 4.78 is 12.2. The van der Waals surface area contributed by atoms with E-state index in [0.717, 1.165) is 35.9 Å². The van der Waals surface area contributed by atoms with Gasteiger partial charge in [-0.2, -0.15) is 5.26 Å². The quantitative estimate of drug-likeness (QED) is 0.752. The monoisotopic (exact) mass is 385 g/mol. The van der Waals surface area contributed by atoms with Gasteiger partial charge in [0.25, 0.3) is 0 Å². The first-order valence-electron chi connectivity index (χ1n) is 8.24. The molecule has 1 aliphatic rings. The van der Waals surface area contributed by atoms with Gasteiger partial charge in [-0.1, -0.05) is 31.2 Å². The molecule has 4 heteroatoms. The molecule has 2 aromatic carbocycles. The van der Waals surface area contributed by atoms with Gasteiger partial charge in [-0.05, 0) is 57.6 Å². The highest BCUT2D eigenvalue weighted by atomic mass is 79.9. The van der Waals surface area contributed by atoms with Crippen LogP contribution in [0.3, 0.4) is 0 Å². The smallest absolute Gasteiger partial charge is 0.135 e. The highest BCUT2D eigenvalue weighted by molar-refractivity contribution is 9.10. The van der Waals surface area contributed by atoms with Gasteiger partial charge in [0.05, 0.1) is 29.3 Å². The Morgan fingerprint density at radius 2 is 2.00 bits per heavy atom. The lowest BCUT2D eigenvalue weighted by molar-refractivity contribution is 0.141. The Kier molecular flexibility index (Phi) is 5.55. The van der Waals surface area contributed by atoms with Crippen LogP contribution < -0.4 is 4.74 Å². The van der Waals surface area contributed by atoms with Crippen LogP contribution in [0.1, 0.15) is 35.6 Å². The number of benzene rings is 2. The Balaban J connectivity index is 1.82. The van der Waals surface area contributed by atoms with E-state index in [2.05, 4.69) is 53.2 Å². The van der Waals surface area contributed by atoms with Crippen LogP contribution in [0.2, 0.25) is 0 Å². The van der Waals surface area contributed by atoms with Crippen LogP contribution in [-0.2, 0) is 17.6 Å². The molecule has 2 aromatic rings. The molecule has 0 radical (unpaired) electrons. The molecular formula is C20H20BrNO2. The lowest BCUT2D eigenvalue weighted by Gasteiger charge is -2.15. The van der Waals surface area contributed by atoms with Crippen LogP contribution >= 0.6 is 15.9 Å². The summed E-state index contributed by atoms with van der Waals surface area (Å²) in [6.07, 6.45) is 2.73. The Bertz CT molecular complexity index is 743. The topological polar surface area (TPSA) is 42.2 Å². The van der Waals surface area contributed by atoms with Gasteiger partial charge in [0.2, 0.25) is 0 Å². The molecule has 0 amide bonds. The molecular weight excluding hydrogens is 366 g/mol. The molecule has 1 saturated heterocycles. The molecule has 1 heterocycles. The van der Waals surface area contributed by atoms with Crippen molar-refractivity contribution in [2.24, 2.45) is 0 Å². The van der Waals surface area contributed by atoms with Crippen molar-refractivity contribution < 1.29 is 9.47 Å². The van der Waals surface area contributed by atoms with Crippen LogP contribution in [0.15, 0.2) is 40.9 Å². The predicted octanol–water partition coefficient (Wildman–Crippen LogP) is 4.64. The minimum absolute atomic E-state index is 0.0697. The highest BCUT2D eigenvalue weighted by Crippen LogP contribution is 2.31.